The molecule has 0 bridgehead atoms. The molecule has 8 heteroatoms. The summed E-state index contributed by atoms with van der Waals surface area (Å²) in [4.78, 5) is 18.1. The molecule has 3 rings (SSSR count). The zero-order valence-corrected chi connectivity index (χ0v) is 17.1. The molecule has 0 aliphatic heterocycles. The van der Waals surface area contributed by atoms with Crippen LogP contribution in [0.2, 0.25) is 10.0 Å². The summed E-state index contributed by atoms with van der Waals surface area (Å²) in [6, 6.07) is 11.5. The van der Waals surface area contributed by atoms with Gasteiger partial charge in [-0.3, -0.25) is 14.8 Å². The smallest absolute Gasteiger partial charge is 0.204 e. The van der Waals surface area contributed by atoms with Crippen LogP contribution >= 0.6 is 35.1 Å². The first kappa shape index (κ1) is 21.0. The van der Waals surface area contributed by atoms with E-state index in [1.807, 2.05) is 50.4 Å². The van der Waals surface area contributed by atoms with Crippen molar-refractivity contribution in [2.75, 3.05) is 4.72 Å². The Morgan fingerprint density at radius 2 is 1.74 bits per heavy atom. The highest BCUT2D eigenvalue weighted by Gasteiger charge is 2.09. The minimum absolute atomic E-state index is 0.250. The lowest BCUT2D eigenvalue weighted by Gasteiger charge is -2.12. The van der Waals surface area contributed by atoms with E-state index < -0.39 is 0 Å². The van der Waals surface area contributed by atoms with Gasteiger partial charge in [-0.1, -0.05) is 29.3 Å². The topological polar surface area (TPSA) is 80.9 Å². The second kappa shape index (κ2) is 10.2. The Kier molecular flexibility index (Phi) is 7.91. The van der Waals surface area contributed by atoms with Crippen molar-refractivity contribution in [2.24, 2.45) is 5.73 Å². The van der Waals surface area contributed by atoms with Crippen LogP contribution in [0.4, 0.5) is 5.69 Å². The first-order valence-electron chi connectivity index (χ1n) is 7.88. The molecule has 3 N–H and O–H groups in total. The Morgan fingerprint density at radius 3 is 2.37 bits per heavy atom. The normalized spacial score (nSPS) is 9.93. The van der Waals surface area contributed by atoms with Crippen molar-refractivity contribution < 1.29 is 4.79 Å². The highest BCUT2D eigenvalue weighted by molar-refractivity contribution is 8.00. The quantitative estimate of drug-likeness (QED) is 0.442. The van der Waals surface area contributed by atoms with Crippen LogP contribution in [0, 0.1) is 13.8 Å². The van der Waals surface area contributed by atoms with Crippen molar-refractivity contribution in [3.05, 3.63) is 70.2 Å². The molecule has 0 atom stereocenters. The lowest BCUT2D eigenvalue weighted by molar-refractivity contribution is -0.106. The molecule has 0 aliphatic carbocycles. The molecule has 0 spiro atoms. The number of carbonyl (C=O) groups excluding carboxylic acids is 1. The van der Waals surface area contributed by atoms with Gasteiger partial charge in [-0.05, 0) is 61.7 Å². The first-order valence-corrected chi connectivity index (χ1v) is 9.45. The summed E-state index contributed by atoms with van der Waals surface area (Å²) >= 11 is 13.8. The van der Waals surface area contributed by atoms with Gasteiger partial charge in [0, 0.05) is 23.7 Å². The maximum Gasteiger partial charge on any atom is 0.204 e. The van der Waals surface area contributed by atoms with Crippen molar-refractivity contribution in [3.8, 4) is 11.1 Å². The molecule has 0 fully saturated rings. The van der Waals surface area contributed by atoms with E-state index in [0.717, 1.165) is 33.1 Å². The minimum Gasteiger partial charge on any atom is -0.372 e. The first-order chi connectivity index (χ1) is 13.0. The molecule has 1 aromatic carbocycles. The third-order valence-corrected chi connectivity index (χ3v) is 5.32. The number of primary amides is 1. The van der Waals surface area contributed by atoms with Crippen LogP contribution in [0.15, 0.2) is 53.7 Å². The number of carbonyl (C=O) groups is 1. The number of hydrogen-bond acceptors (Lipinski definition) is 5. The highest BCUT2D eigenvalue weighted by Crippen LogP contribution is 2.35. The number of aromatic nitrogens is 2. The molecular formula is C19H18Cl2N4OS. The Bertz CT molecular complexity index is 917. The number of nitrogens with two attached hydrogens (primary N) is 1. The van der Waals surface area contributed by atoms with Gasteiger partial charge in [0.05, 0.1) is 26.3 Å². The number of hydrogen-bond donors (Lipinski definition) is 2. The van der Waals surface area contributed by atoms with Crippen molar-refractivity contribution in [2.45, 2.75) is 18.7 Å². The van der Waals surface area contributed by atoms with E-state index in [1.54, 1.807) is 6.20 Å². The van der Waals surface area contributed by atoms with Gasteiger partial charge in [0.2, 0.25) is 6.41 Å². The molecule has 1 amide bonds. The highest BCUT2D eigenvalue weighted by atomic mass is 35.5. The van der Waals surface area contributed by atoms with Gasteiger partial charge < -0.3 is 10.5 Å². The number of nitrogens with zero attached hydrogens (tertiary/aromatic N) is 2. The molecule has 2 aromatic heterocycles. The van der Waals surface area contributed by atoms with E-state index in [4.69, 9.17) is 28.0 Å². The SMILES string of the molecule is Cc1cc(-c2cnc(C)c(NSc3c(Cl)cccc3Cl)c2)ccn1.NC=O. The standard InChI is InChI=1S/C18H15Cl2N3S.CH3NO/c1-11-8-13(6-7-21-11)14-9-17(12(2)22-10-14)23-24-18-15(19)4-3-5-16(18)20;2-1-3/h3-10,23H,1-2H3;1H,(H2,2,3). The maximum absolute atomic E-state index is 8.58. The molecule has 0 unspecified atom stereocenters. The fourth-order valence-corrected chi connectivity index (χ4v) is 3.58. The van der Waals surface area contributed by atoms with Crippen LogP contribution in [-0.4, -0.2) is 16.4 Å². The number of halogens is 2. The maximum atomic E-state index is 8.58. The third kappa shape index (κ3) is 5.85. The number of pyridine rings is 2. The number of anilines is 1. The Morgan fingerprint density at radius 1 is 1.07 bits per heavy atom. The monoisotopic (exact) mass is 420 g/mol. The summed E-state index contributed by atoms with van der Waals surface area (Å²) in [7, 11) is 0. The van der Waals surface area contributed by atoms with Crippen LogP contribution in [0.25, 0.3) is 11.1 Å². The minimum atomic E-state index is 0.250. The summed E-state index contributed by atoms with van der Waals surface area (Å²) in [6.45, 7) is 3.93. The number of amides is 1. The predicted octanol–water partition coefficient (Wildman–Crippen LogP) is 5.29. The average Bonchev–Trinajstić information content (AvgIpc) is 2.63. The van der Waals surface area contributed by atoms with E-state index >= 15 is 0 Å². The average molecular weight is 421 g/mol. The van der Waals surface area contributed by atoms with Crippen LogP contribution in [-0.2, 0) is 4.79 Å². The number of nitrogens with one attached hydrogen (secondary N) is 1. The van der Waals surface area contributed by atoms with Gasteiger partial charge in [0.25, 0.3) is 0 Å². The van der Waals surface area contributed by atoms with Crippen molar-refractivity contribution in [3.63, 3.8) is 0 Å². The fraction of sp³-hybridized carbons (Fsp3) is 0.105. The molecule has 0 aliphatic rings. The molecule has 3 aromatic rings. The molecule has 5 nitrogen and oxygen atoms in total. The summed E-state index contributed by atoms with van der Waals surface area (Å²) < 4.78 is 3.31. The molecule has 0 radical (unpaired) electrons. The van der Waals surface area contributed by atoms with Gasteiger partial charge in [-0.2, -0.15) is 0 Å². The Balaban J connectivity index is 0.000000817. The Labute approximate surface area is 172 Å². The van der Waals surface area contributed by atoms with E-state index in [2.05, 4.69) is 26.5 Å². The summed E-state index contributed by atoms with van der Waals surface area (Å²) in [5, 5.41) is 1.23. The zero-order valence-electron chi connectivity index (χ0n) is 14.7. The van der Waals surface area contributed by atoms with Gasteiger partial charge >= 0.3 is 0 Å². The van der Waals surface area contributed by atoms with Gasteiger partial charge in [0.15, 0.2) is 0 Å². The van der Waals surface area contributed by atoms with Crippen molar-refractivity contribution in [1.29, 1.82) is 0 Å². The van der Waals surface area contributed by atoms with Crippen LogP contribution < -0.4 is 10.5 Å². The second-order valence-electron chi connectivity index (χ2n) is 5.43. The zero-order chi connectivity index (χ0) is 19.8. The summed E-state index contributed by atoms with van der Waals surface area (Å²) in [5.74, 6) is 0. The molecule has 140 valence electrons. The molecule has 27 heavy (non-hydrogen) atoms. The molecule has 2 heterocycles. The Hall–Kier alpha value is -2.28. The van der Waals surface area contributed by atoms with E-state index in [-0.39, 0.29) is 6.41 Å². The van der Waals surface area contributed by atoms with Gasteiger partial charge in [0.1, 0.15) is 0 Å². The molecular weight excluding hydrogens is 403 g/mol. The molecule has 0 saturated heterocycles. The van der Waals surface area contributed by atoms with Crippen LogP contribution in [0.5, 0.6) is 0 Å². The second-order valence-corrected chi connectivity index (χ2v) is 7.06. The van der Waals surface area contributed by atoms with Gasteiger partial charge in [-0.25, -0.2) is 0 Å². The number of benzene rings is 1. The lowest BCUT2D eigenvalue weighted by atomic mass is 10.1. The summed E-state index contributed by atoms with van der Waals surface area (Å²) in [5.41, 5.74) is 9.07. The van der Waals surface area contributed by atoms with Crippen LogP contribution in [0.3, 0.4) is 0 Å². The van der Waals surface area contributed by atoms with E-state index in [1.165, 1.54) is 11.9 Å². The van der Waals surface area contributed by atoms with E-state index in [9.17, 15) is 0 Å². The van der Waals surface area contributed by atoms with Crippen LogP contribution in [0.1, 0.15) is 11.4 Å². The number of rotatable bonds is 4. The van der Waals surface area contributed by atoms with Crippen molar-refractivity contribution >= 4 is 47.2 Å². The summed E-state index contributed by atoms with van der Waals surface area (Å²) in [6.07, 6.45) is 3.91. The lowest BCUT2D eigenvalue weighted by Crippen LogP contribution is -1.95. The molecule has 0 saturated carbocycles. The predicted molar refractivity (Wildman–Crippen MR) is 113 cm³/mol. The van der Waals surface area contributed by atoms with E-state index in [0.29, 0.717) is 10.0 Å². The van der Waals surface area contributed by atoms with Crippen molar-refractivity contribution in [1.82, 2.24) is 9.97 Å². The number of aryl methyl sites for hydroxylation is 2. The third-order valence-electron chi connectivity index (χ3n) is 3.50. The fourth-order valence-electron chi connectivity index (χ4n) is 2.21. The van der Waals surface area contributed by atoms with Gasteiger partial charge in [-0.15, -0.1) is 0 Å². The largest absolute Gasteiger partial charge is 0.372 e.